The average Bonchev–Trinajstić information content (AvgIpc) is 3.98. The maximum absolute atomic E-state index is 14.8. The molecule has 4 aliphatic heterocycles. The second-order valence-electron chi connectivity index (χ2n) is 13.4. The summed E-state index contributed by atoms with van der Waals surface area (Å²) in [6.45, 7) is 5.85. The van der Waals surface area contributed by atoms with Gasteiger partial charge in [-0.3, -0.25) is 0 Å². The third-order valence-corrected chi connectivity index (χ3v) is 37.7. The number of ether oxygens (including phenoxy) is 1. The van der Waals surface area contributed by atoms with Crippen molar-refractivity contribution >= 4 is 102 Å². The summed E-state index contributed by atoms with van der Waals surface area (Å²) < 4.78 is 14.3. The molecule has 4 aromatic carbocycles. The molecule has 0 unspecified atom stereocenters. The number of hydrogen-bond donors (Lipinski definition) is 3. The number of phenols is 2. The summed E-state index contributed by atoms with van der Waals surface area (Å²) in [7, 11) is 7.57. The number of carbonyl (C=O) groups excluding carboxylic acids is 2. The monoisotopic (exact) mass is 949 g/mol. The first kappa shape index (κ1) is 38.3. The molecule has 1 spiro atoms. The van der Waals surface area contributed by atoms with Crippen LogP contribution >= 0.6 is 40.1 Å². The van der Waals surface area contributed by atoms with Gasteiger partial charge in [0, 0.05) is 24.8 Å². The van der Waals surface area contributed by atoms with Crippen LogP contribution in [0.3, 0.4) is 0 Å². The van der Waals surface area contributed by atoms with Gasteiger partial charge in [-0.1, -0.05) is 0 Å². The van der Waals surface area contributed by atoms with Gasteiger partial charge in [0.2, 0.25) is 0 Å². The molecule has 2 amide bonds. The number of nitrogens with one attached hydrogen (secondary N) is 1. The Kier molecular flexibility index (Phi) is 10.6. The number of aromatic hydroxyl groups is 2. The molecule has 1 aromatic heterocycles. The topological polar surface area (TPSA) is 133 Å². The summed E-state index contributed by atoms with van der Waals surface area (Å²) in [6, 6.07) is 22.0. The SMILES string of the molecule is CCN(CC)c1ccc2cc(C(=O)NCCN3C(=O)c4ccccc4C34c3ccc(O)c([As]5SCCS5)c3Oc3c4ccc(O)c3[As]3SCCS3)c(=O)oc2c1. The van der Waals surface area contributed by atoms with Gasteiger partial charge in [-0.2, -0.15) is 0 Å². The van der Waals surface area contributed by atoms with Gasteiger partial charge in [-0.05, 0) is 26.0 Å². The van der Waals surface area contributed by atoms with Crippen molar-refractivity contribution in [2.24, 2.45) is 0 Å². The van der Waals surface area contributed by atoms with E-state index in [4.69, 9.17) is 9.15 Å². The fraction of sp³-hybridized carbons (Fsp3) is 0.275. The predicted octanol–water partition coefficient (Wildman–Crippen LogP) is 5.68. The van der Waals surface area contributed by atoms with E-state index in [0.717, 1.165) is 67.2 Å². The van der Waals surface area contributed by atoms with E-state index < -0.39 is 41.7 Å². The number of amides is 2. The molecule has 0 atom stereocenters. The van der Waals surface area contributed by atoms with Crippen molar-refractivity contribution in [2.45, 2.75) is 19.4 Å². The van der Waals surface area contributed by atoms with E-state index in [1.165, 1.54) is 0 Å². The van der Waals surface area contributed by atoms with Crippen molar-refractivity contribution in [2.75, 3.05) is 54.1 Å². The van der Waals surface area contributed by atoms with Crippen molar-refractivity contribution in [1.29, 1.82) is 0 Å². The van der Waals surface area contributed by atoms with Crippen molar-refractivity contribution in [3.05, 3.63) is 111 Å². The van der Waals surface area contributed by atoms with Gasteiger partial charge in [-0.15, -0.1) is 0 Å². The Balaban J connectivity index is 1.14. The fourth-order valence-electron chi connectivity index (χ4n) is 8.01. The van der Waals surface area contributed by atoms with Crippen LogP contribution in [0.25, 0.3) is 11.0 Å². The Morgan fingerprint density at radius 2 is 1.43 bits per heavy atom. The zero-order valence-electron chi connectivity index (χ0n) is 30.4. The Labute approximate surface area is 346 Å². The van der Waals surface area contributed by atoms with Gasteiger partial charge in [0.15, 0.2) is 0 Å². The van der Waals surface area contributed by atoms with Gasteiger partial charge in [0.1, 0.15) is 5.58 Å². The molecule has 56 heavy (non-hydrogen) atoms. The molecule has 10 nitrogen and oxygen atoms in total. The maximum atomic E-state index is 14.8. The normalized spacial score (nSPS) is 17.2. The number of anilines is 1. The molecule has 0 aliphatic carbocycles. The third kappa shape index (κ3) is 6.16. The minimum Gasteiger partial charge on any atom is 0.00491 e. The van der Waals surface area contributed by atoms with Crippen LogP contribution in [-0.2, 0) is 5.54 Å². The van der Waals surface area contributed by atoms with Crippen LogP contribution in [0, 0.1) is 0 Å². The van der Waals surface area contributed by atoms with Crippen LogP contribution in [0.5, 0.6) is 23.0 Å². The number of rotatable bonds is 9. The molecule has 288 valence electrons. The fourth-order valence-corrected chi connectivity index (χ4v) is 37.7. The summed E-state index contributed by atoms with van der Waals surface area (Å²) in [5.41, 5.74) is 2.09. The molecule has 5 aromatic rings. The first-order chi connectivity index (χ1) is 27.3. The molecular weight excluding hydrogens is 913 g/mol. The summed E-state index contributed by atoms with van der Waals surface area (Å²) in [4.78, 5) is 45.6. The van der Waals surface area contributed by atoms with Crippen LogP contribution in [0.1, 0.15) is 51.3 Å². The van der Waals surface area contributed by atoms with E-state index in [1.54, 1.807) is 23.1 Å². The van der Waals surface area contributed by atoms with Crippen molar-refractivity contribution < 1.29 is 29.0 Å². The van der Waals surface area contributed by atoms with Crippen LogP contribution in [0.4, 0.5) is 5.69 Å². The van der Waals surface area contributed by atoms with E-state index in [0.29, 0.717) is 28.0 Å². The zero-order chi connectivity index (χ0) is 38.7. The van der Waals surface area contributed by atoms with Gasteiger partial charge in [-0.25, -0.2) is 0 Å². The van der Waals surface area contributed by atoms with Gasteiger partial charge in [0.05, 0.1) is 0 Å². The Bertz CT molecular complexity index is 2400. The summed E-state index contributed by atoms with van der Waals surface area (Å²) in [5.74, 6) is 4.64. The molecule has 9 rings (SSSR count). The Hall–Kier alpha value is -3.25. The molecule has 0 bridgehead atoms. The average molecular weight is 950 g/mol. The number of fused-ring (bicyclic) bond motifs is 7. The molecule has 16 heteroatoms. The summed E-state index contributed by atoms with van der Waals surface area (Å²) in [5, 5.41) is 26.6. The Morgan fingerprint density at radius 3 is 2.04 bits per heavy atom. The second-order valence-corrected chi connectivity index (χ2v) is 36.6. The molecule has 4 aliphatic rings. The molecule has 0 radical (unpaired) electrons. The minimum absolute atomic E-state index is 0.0348. The number of carbonyl (C=O) groups is 2. The van der Waals surface area contributed by atoms with Gasteiger partial charge in [0.25, 0.3) is 0 Å². The van der Waals surface area contributed by atoms with Crippen molar-refractivity contribution in [3.8, 4) is 23.0 Å². The van der Waals surface area contributed by atoms with Crippen molar-refractivity contribution in [1.82, 2.24) is 10.2 Å². The summed E-state index contributed by atoms with van der Waals surface area (Å²) >= 11 is -3.78. The molecule has 3 N–H and O–H groups in total. The van der Waals surface area contributed by atoms with Crippen LogP contribution in [0.2, 0.25) is 0 Å². The minimum atomic E-state index is -1.89. The Morgan fingerprint density at radius 1 is 0.821 bits per heavy atom. The predicted molar refractivity (Wildman–Crippen MR) is 233 cm³/mol. The van der Waals surface area contributed by atoms with E-state index in [-0.39, 0.29) is 36.1 Å². The van der Waals surface area contributed by atoms with Crippen LogP contribution in [-0.4, -0.2) is 101 Å². The first-order valence-corrected chi connectivity index (χ1v) is 33.1. The third-order valence-electron chi connectivity index (χ3n) is 10.5. The second kappa shape index (κ2) is 15.5. The molecule has 0 saturated carbocycles. The standard InChI is InChI=1S/C40H37As2N3O7S4/c1-3-44(4-2)24-10-9-23-21-26(39(50)51-32(23)22-24)37(48)43-15-16-45-38(49)25-7-5-6-8-27(25)40(45)28-11-13-30(46)33(41-53-17-18-54-41)35(28)52-36-29(40)12-14-31(47)34(36)42-55-19-20-56-42/h5-14,21-22,46-47H,3-4,15-20H2,1-2H3,(H,43,48). The van der Waals surface area contributed by atoms with Gasteiger partial charge < -0.3 is 4.90 Å². The van der Waals surface area contributed by atoms with E-state index >= 15 is 0 Å². The number of nitrogens with zero attached hydrogens (tertiary/aromatic N) is 2. The van der Waals surface area contributed by atoms with E-state index in [1.807, 2.05) is 94.7 Å². The molecule has 5 heterocycles. The van der Waals surface area contributed by atoms with E-state index in [9.17, 15) is 24.6 Å². The molecule has 2 fully saturated rings. The van der Waals surface area contributed by atoms with Gasteiger partial charge >= 0.3 is 287 Å². The number of phenolic OH excluding ortho intramolecular Hbond substituents is 2. The van der Waals surface area contributed by atoms with Crippen LogP contribution < -0.4 is 29.3 Å². The molecule has 2 saturated heterocycles. The zero-order valence-corrected chi connectivity index (χ0v) is 37.5. The molecular formula is C40H37As2N3O7S4. The smallest absolute Gasteiger partial charge is 0.00491 e. The van der Waals surface area contributed by atoms with E-state index in [2.05, 4.69) is 24.1 Å². The number of benzene rings is 4. The summed E-state index contributed by atoms with van der Waals surface area (Å²) in [6.07, 6.45) is 0. The van der Waals surface area contributed by atoms with Crippen LogP contribution in [0.15, 0.2) is 82.0 Å². The van der Waals surface area contributed by atoms with Crippen molar-refractivity contribution in [3.63, 3.8) is 0 Å². The quantitative estimate of drug-likeness (QED) is 0.124. The first-order valence-electron chi connectivity index (χ1n) is 18.3. The number of hydrogen-bond acceptors (Lipinski definition) is 12.